The molecule has 158 valence electrons. The van der Waals surface area contributed by atoms with E-state index in [0.717, 1.165) is 12.3 Å². The largest absolute Gasteiger partial charge is 0.457 e. The number of ether oxygens (including phenoxy) is 1. The standard InChI is InChI=1S/C23H18F3N3O2/c1-2-19-21(29-14-15(23(24,25)26)8-13-20(29)28-19)22(30)27-16-9-11-18(12-10-16)31-17-6-4-3-5-7-17/h3-14H,2H2,1H3,(H,27,30). The Hall–Kier alpha value is -3.81. The summed E-state index contributed by atoms with van der Waals surface area (Å²) >= 11 is 0. The fourth-order valence-electron chi connectivity index (χ4n) is 3.17. The van der Waals surface area contributed by atoms with Gasteiger partial charge in [0, 0.05) is 11.9 Å². The minimum absolute atomic E-state index is 0.0770. The summed E-state index contributed by atoms with van der Waals surface area (Å²) in [6.07, 6.45) is -3.23. The number of carbonyl (C=O) groups is 1. The van der Waals surface area contributed by atoms with Crippen molar-refractivity contribution in [3.63, 3.8) is 0 Å². The highest BCUT2D eigenvalue weighted by Crippen LogP contribution is 2.30. The van der Waals surface area contributed by atoms with Crippen LogP contribution in [0.2, 0.25) is 0 Å². The molecule has 4 rings (SSSR count). The molecule has 2 aromatic carbocycles. The Bertz CT molecular complexity index is 1220. The molecule has 0 fully saturated rings. The Morgan fingerprint density at radius 2 is 1.68 bits per heavy atom. The van der Waals surface area contributed by atoms with Gasteiger partial charge in [0.15, 0.2) is 0 Å². The minimum Gasteiger partial charge on any atom is -0.457 e. The predicted octanol–water partition coefficient (Wildman–Crippen LogP) is 5.96. The van der Waals surface area contributed by atoms with Gasteiger partial charge in [-0.15, -0.1) is 0 Å². The number of nitrogens with zero attached hydrogens (tertiary/aromatic N) is 2. The molecule has 0 atom stereocenters. The molecule has 2 heterocycles. The van der Waals surface area contributed by atoms with Crippen LogP contribution in [0, 0.1) is 0 Å². The number of aromatic nitrogens is 2. The normalized spacial score (nSPS) is 11.5. The lowest BCUT2D eigenvalue weighted by Crippen LogP contribution is -2.17. The number of para-hydroxylation sites is 1. The molecule has 1 amide bonds. The van der Waals surface area contributed by atoms with Crippen LogP contribution in [0.15, 0.2) is 72.9 Å². The number of nitrogens with one attached hydrogen (secondary N) is 1. The van der Waals surface area contributed by atoms with Gasteiger partial charge < -0.3 is 10.1 Å². The Morgan fingerprint density at radius 1 is 1.00 bits per heavy atom. The zero-order valence-electron chi connectivity index (χ0n) is 16.5. The van der Waals surface area contributed by atoms with Crippen LogP contribution in [-0.2, 0) is 12.6 Å². The first-order valence-electron chi connectivity index (χ1n) is 9.57. The van der Waals surface area contributed by atoms with Gasteiger partial charge in [-0.25, -0.2) is 4.98 Å². The first kappa shape index (κ1) is 20.5. The SMILES string of the molecule is CCc1nc2ccc(C(F)(F)F)cn2c1C(=O)Nc1ccc(Oc2ccccc2)cc1. The lowest BCUT2D eigenvalue weighted by atomic mass is 10.2. The summed E-state index contributed by atoms with van der Waals surface area (Å²) in [7, 11) is 0. The molecule has 0 saturated carbocycles. The number of carbonyl (C=O) groups excluding carboxylic acids is 1. The van der Waals surface area contributed by atoms with E-state index in [0.29, 0.717) is 29.3 Å². The minimum atomic E-state index is -4.52. The summed E-state index contributed by atoms with van der Waals surface area (Å²) in [6, 6.07) is 18.2. The maximum atomic E-state index is 13.1. The summed E-state index contributed by atoms with van der Waals surface area (Å²) in [5.74, 6) is 0.724. The number of imidazole rings is 1. The van der Waals surface area contributed by atoms with Crippen LogP contribution >= 0.6 is 0 Å². The summed E-state index contributed by atoms with van der Waals surface area (Å²) in [6.45, 7) is 1.79. The van der Waals surface area contributed by atoms with Gasteiger partial charge in [-0.2, -0.15) is 13.2 Å². The Labute approximate surface area is 176 Å². The zero-order valence-corrected chi connectivity index (χ0v) is 16.5. The van der Waals surface area contributed by atoms with Gasteiger partial charge in [-0.05, 0) is 55.0 Å². The smallest absolute Gasteiger partial charge is 0.417 e. The third kappa shape index (κ3) is 4.37. The highest BCUT2D eigenvalue weighted by Gasteiger charge is 2.31. The Kier molecular flexibility index (Phi) is 5.37. The van der Waals surface area contributed by atoms with Gasteiger partial charge in [0.25, 0.3) is 5.91 Å². The molecule has 5 nitrogen and oxygen atoms in total. The second kappa shape index (κ2) is 8.14. The monoisotopic (exact) mass is 425 g/mol. The number of pyridine rings is 1. The number of anilines is 1. The maximum absolute atomic E-state index is 13.1. The molecule has 0 aliphatic rings. The quantitative estimate of drug-likeness (QED) is 0.429. The van der Waals surface area contributed by atoms with E-state index in [-0.39, 0.29) is 11.3 Å². The molecule has 31 heavy (non-hydrogen) atoms. The average molecular weight is 425 g/mol. The highest BCUT2D eigenvalue weighted by molar-refractivity contribution is 6.04. The van der Waals surface area contributed by atoms with Gasteiger partial charge in [0.2, 0.25) is 0 Å². The van der Waals surface area contributed by atoms with Crippen LogP contribution in [0.3, 0.4) is 0 Å². The zero-order chi connectivity index (χ0) is 22.0. The van der Waals surface area contributed by atoms with E-state index in [9.17, 15) is 18.0 Å². The van der Waals surface area contributed by atoms with Crippen molar-refractivity contribution in [3.8, 4) is 11.5 Å². The van der Waals surface area contributed by atoms with E-state index in [2.05, 4.69) is 10.3 Å². The van der Waals surface area contributed by atoms with Crippen LogP contribution in [-0.4, -0.2) is 15.3 Å². The summed E-state index contributed by atoms with van der Waals surface area (Å²) in [4.78, 5) is 17.2. The van der Waals surface area contributed by atoms with Crippen molar-refractivity contribution in [2.45, 2.75) is 19.5 Å². The Morgan fingerprint density at radius 3 is 2.32 bits per heavy atom. The maximum Gasteiger partial charge on any atom is 0.417 e. The molecule has 0 saturated heterocycles. The number of alkyl halides is 3. The fraction of sp³-hybridized carbons (Fsp3) is 0.130. The summed E-state index contributed by atoms with van der Waals surface area (Å²) < 4.78 is 46.3. The third-order valence-corrected chi connectivity index (χ3v) is 4.66. The molecular weight excluding hydrogens is 407 g/mol. The number of hydrogen-bond donors (Lipinski definition) is 1. The number of benzene rings is 2. The number of hydrogen-bond acceptors (Lipinski definition) is 3. The van der Waals surface area contributed by atoms with Crippen molar-refractivity contribution in [2.75, 3.05) is 5.32 Å². The number of halogens is 3. The molecule has 0 spiro atoms. The van der Waals surface area contributed by atoms with Gasteiger partial charge in [-0.3, -0.25) is 9.20 Å². The molecule has 4 aromatic rings. The molecule has 0 radical (unpaired) electrons. The summed E-state index contributed by atoms with van der Waals surface area (Å²) in [5, 5.41) is 2.72. The van der Waals surface area contributed by atoms with Crippen molar-refractivity contribution >= 4 is 17.2 Å². The molecule has 8 heteroatoms. The molecule has 1 N–H and O–H groups in total. The number of aryl methyl sites for hydroxylation is 1. The number of rotatable bonds is 5. The van der Waals surface area contributed by atoms with Crippen LogP contribution in [0.4, 0.5) is 18.9 Å². The van der Waals surface area contributed by atoms with Crippen LogP contribution in [0.1, 0.15) is 28.7 Å². The lowest BCUT2D eigenvalue weighted by molar-refractivity contribution is -0.137. The van der Waals surface area contributed by atoms with E-state index in [1.807, 2.05) is 30.3 Å². The predicted molar refractivity (Wildman–Crippen MR) is 110 cm³/mol. The van der Waals surface area contributed by atoms with Crippen molar-refractivity contribution in [1.29, 1.82) is 0 Å². The van der Waals surface area contributed by atoms with E-state index < -0.39 is 17.6 Å². The summed E-state index contributed by atoms with van der Waals surface area (Å²) in [5.41, 5.74) is 0.404. The first-order valence-corrected chi connectivity index (χ1v) is 9.57. The van der Waals surface area contributed by atoms with E-state index in [1.165, 1.54) is 10.5 Å². The topological polar surface area (TPSA) is 55.6 Å². The second-order valence-electron chi connectivity index (χ2n) is 6.80. The number of fused-ring (bicyclic) bond motifs is 1. The molecule has 0 bridgehead atoms. The average Bonchev–Trinajstić information content (AvgIpc) is 3.13. The molecular formula is C23H18F3N3O2. The van der Waals surface area contributed by atoms with E-state index in [1.54, 1.807) is 31.2 Å². The Balaban J connectivity index is 1.59. The highest BCUT2D eigenvalue weighted by atomic mass is 19.4. The molecule has 0 unspecified atom stereocenters. The molecule has 2 aromatic heterocycles. The van der Waals surface area contributed by atoms with Gasteiger partial charge in [-0.1, -0.05) is 25.1 Å². The van der Waals surface area contributed by atoms with E-state index in [4.69, 9.17) is 4.74 Å². The van der Waals surface area contributed by atoms with Crippen molar-refractivity contribution < 1.29 is 22.7 Å². The van der Waals surface area contributed by atoms with Gasteiger partial charge >= 0.3 is 6.18 Å². The van der Waals surface area contributed by atoms with Crippen molar-refractivity contribution in [2.24, 2.45) is 0 Å². The van der Waals surface area contributed by atoms with Crippen molar-refractivity contribution in [3.05, 3.63) is 89.9 Å². The fourth-order valence-corrected chi connectivity index (χ4v) is 3.17. The third-order valence-electron chi connectivity index (χ3n) is 4.66. The molecule has 0 aliphatic carbocycles. The second-order valence-corrected chi connectivity index (χ2v) is 6.80. The van der Waals surface area contributed by atoms with Crippen LogP contribution in [0.25, 0.3) is 5.65 Å². The first-order chi connectivity index (χ1) is 14.8. The molecule has 0 aliphatic heterocycles. The van der Waals surface area contributed by atoms with Crippen LogP contribution in [0.5, 0.6) is 11.5 Å². The van der Waals surface area contributed by atoms with E-state index >= 15 is 0 Å². The van der Waals surface area contributed by atoms with Crippen molar-refractivity contribution in [1.82, 2.24) is 9.38 Å². The van der Waals surface area contributed by atoms with Gasteiger partial charge in [0.1, 0.15) is 22.8 Å². The number of amides is 1. The van der Waals surface area contributed by atoms with Gasteiger partial charge in [0.05, 0.1) is 11.3 Å². The lowest BCUT2D eigenvalue weighted by Gasteiger charge is -2.10. The van der Waals surface area contributed by atoms with Crippen LogP contribution < -0.4 is 10.1 Å².